The number of nitrogens with one attached hydrogen (secondary N) is 1. The van der Waals surface area contributed by atoms with Gasteiger partial charge in [-0.2, -0.15) is 5.26 Å². The van der Waals surface area contributed by atoms with Crippen LogP contribution in [0.1, 0.15) is 29.0 Å². The summed E-state index contributed by atoms with van der Waals surface area (Å²) in [4.78, 5) is 4.07. The monoisotopic (exact) mass is 358 g/mol. The van der Waals surface area contributed by atoms with Crippen molar-refractivity contribution in [1.29, 1.82) is 5.26 Å². The number of hydrogen-bond donors (Lipinski definition) is 1. The molecule has 1 N–H and O–H groups in total. The smallest absolute Gasteiger partial charge is 0.233 e. The van der Waals surface area contributed by atoms with Crippen LogP contribution in [0.4, 0.5) is 5.69 Å². The molecule has 1 aliphatic rings. The van der Waals surface area contributed by atoms with E-state index in [-0.39, 0.29) is 12.1 Å². The summed E-state index contributed by atoms with van der Waals surface area (Å²) in [7, 11) is 1.50. The van der Waals surface area contributed by atoms with E-state index in [2.05, 4.69) is 21.5 Å². The third-order valence-electron chi connectivity index (χ3n) is 4.49. The molecule has 138 valence electrons. The van der Waals surface area contributed by atoms with Crippen LogP contribution in [0.15, 0.2) is 16.8 Å². The maximum Gasteiger partial charge on any atom is 0.233 e. The predicted octanol–water partition coefficient (Wildman–Crippen LogP) is 2.35. The standard InChI is InChI=1S/C18H22N4O4/c1-11-14(12(2)26-22-11)9-25-17-10-24-7-5-16(17)21-15-4-6-20-18(23-3)13(15)8-19/h4,6,16-17H,5,7,9-10H2,1-3H3,(H,20,21)/t16-,17-/m1/s1. The Morgan fingerprint density at radius 1 is 1.42 bits per heavy atom. The third-order valence-corrected chi connectivity index (χ3v) is 4.49. The fourth-order valence-corrected chi connectivity index (χ4v) is 2.96. The van der Waals surface area contributed by atoms with E-state index in [9.17, 15) is 5.26 Å². The number of aromatic nitrogens is 2. The van der Waals surface area contributed by atoms with Gasteiger partial charge in [0.1, 0.15) is 23.5 Å². The molecular weight excluding hydrogens is 336 g/mol. The molecule has 8 heteroatoms. The van der Waals surface area contributed by atoms with Crippen LogP contribution in [-0.4, -0.2) is 42.6 Å². The first-order valence-electron chi connectivity index (χ1n) is 8.44. The zero-order valence-corrected chi connectivity index (χ0v) is 15.1. The molecular formula is C18H22N4O4. The minimum absolute atomic E-state index is 0.00317. The van der Waals surface area contributed by atoms with Crippen molar-refractivity contribution in [3.8, 4) is 11.9 Å². The lowest BCUT2D eigenvalue weighted by Crippen LogP contribution is -2.43. The molecule has 3 rings (SSSR count). The van der Waals surface area contributed by atoms with Gasteiger partial charge < -0.3 is 24.1 Å². The second-order valence-electron chi connectivity index (χ2n) is 6.12. The number of nitriles is 1. The van der Waals surface area contributed by atoms with Crippen molar-refractivity contribution >= 4 is 5.69 Å². The van der Waals surface area contributed by atoms with Gasteiger partial charge in [-0.05, 0) is 26.3 Å². The second kappa shape index (κ2) is 8.17. The predicted molar refractivity (Wildman–Crippen MR) is 92.9 cm³/mol. The normalized spacial score (nSPS) is 19.8. The van der Waals surface area contributed by atoms with Crippen LogP contribution in [-0.2, 0) is 16.1 Å². The highest BCUT2D eigenvalue weighted by molar-refractivity contribution is 5.61. The van der Waals surface area contributed by atoms with Gasteiger partial charge >= 0.3 is 0 Å². The molecule has 2 atom stereocenters. The highest BCUT2D eigenvalue weighted by Gasteiger charge is 2.28. The molecule has 0 saturated carbocycles. The molecule has 1 aliphatic heterocycles. The van der Waals surface area contributed by atoms with E-state index in [4.69, 9.17) is 18.7 Å². The summed E-state index contributed by atoms with van der Waals surface area (Å²) in [6.45, 7) is 5.27. The zero-order valence-electron chi connectivity index (χ0n) is 15.1. The van der Waals surface area contributed by atoms with Crippen LogP contribution in [0.3, 0.4) is 0 Å². The van der Waals surface area contributed by atoms with E-state index in [1.165, 1.54) is 7.11 Å². The lowest BCUT2D eigenvalue weighted by atomic mass is 10.0. The second-order valence-corrected chi connectivity index (χ2v) is 6.12. The van der Waals surface area contributed by atoms with Crippen molar-refractivity contribution in [2.75, 3.05) is 25.6 Å². The maximum atomic E-state index is 9.43. The molecule has 0 aromatic carbocycles. The van der Waals surface area contributed by atoms with Crippen molar-refractivity contribution < 1.29 is 18.7 Å². The summed E-state index contributed by atoms with van der Waals surface area (Å²) in [5.74, 6) is 1.06. The first-order chi connectivity index (χ1) is 12.6. The Morgan fingerprint density at radius 3 is 2.96 bits per heavy atom. The van der Waals surface area contributed by atoms with Gasteiger partial charge in [0.2, 0.25) is 5.88 Å². The Morgan fingerprint density at radius 2 is 2.27 bits per heavy atom. The highest BCUT2D eigenvalue weighted by Crippen LogP contribution is 2.26. The minimum Gasteiger partial charge on any atom is -0.480 e. The van der Waals surface area contributed by atoms with Crippen LogP contribution < -0.4 is 10.1 Å². The molecule has 0 unspecified atom stereocenters. The molecule has 0 radical (unpaired) electrons. The lowest BCUT2D eigenvalue weighted by Gasteiger charge is -2.33. The number of aryl methyl sites for hydroxylation is 2. The van der Waals surface area contributed by atoms with Crippen LogP contribution in [0.2, 0.25) is 0 Å². The first-order valence-corrected chi connectivity index (χ1v) is 8.44. The summed E-state index contributed by atoms with van der Waals surface area (Å²) in [5.41, 5.74) is 2.84. The SMILES string of the molecule is COc1nccc(N[C@@H]2CCOC[C@H]2OCc2c(C)noc2C)c1C#N. The van der Waals surface area contributed by atoms with Gasteiger partial charge in [-0.15, -0.1) is 0 Å². The van der Waals surface area contributed by atoms with E-state index in [0.717, 1.165) is 23.4 Å². The summed E-state index contributed by atoms with van der Waals surface area (Å²) in [5, 5.41) is 16.8. The Labute approximate surface area is 152 Å². The number of pyridine rings is 1. The first kappa shape index (κ1) is 18.2. The number of hydrogen-bond acceptors (Lipinski definition) is 8. The van der Waals surface area contributed by atoms with Gasteiger partial charge in [0.05, 0.1) is 37.7 Å². The van der Waals surface area contributed by atoms with Gasteiger partial charge in [0.25, 0.3) is 0 Å². The molecule has 1 saturated heterocycles. The van der Waals surface area contributed by atoms with Gasteiger partial charge in [0.15, 0.2) is 0 Å². The van der Waals surface area contributed by atoms with Crippen molar-refractivity contribution in [2.24, 2.45) is 0 Å². The largest absolute Gasteiger partial charge is 0.480 e. The molecule has 26 heavy (non-hydrogen) atoms. The van der Waals surface area contributed by atoms with Gasteiger partial charge in [-0.3, -0.25) is 0 Å². The maximum absolute atomic E-state index is 9.43. The molecule has 8 nitrogen and oxygen atoms in total. The zero-order chi connectivity index (χ0) is 18.5. The minimum atomic E-state index is -0.164. The van der Waals surface area contributed by atoms with E-state index in [1.807, 2.05) is 13.8 Å². The molecule has 1 fully saturated rings. The van der Waals surface area contributed by atoms with Crippen molar-refractivity contribution in [1.82, 2.24) is 10.1 Å². The fraction of sp³-hybridized carbons (Fsp3) is 0.500. The Kier molecular flexibility index (Phi) is 5.71. The van der Waals surface area contributed by atoms with E-state index >= 15 is 0 Å². The Hall–Kier alpha value is -2.63. The van der Waals surface area contributed by atoms with E-state index in [0.29, 0.717) is 37.0 Å². The summed E-state index contributed by atoms with van der Waals surface area (Å²) < 4.78 is 22.0. The Balaban J connectivity index is 1.73. The Bertz CT molecular complexity index is 779. The topological polar surface area (TPSA) is 102 Å². The number of ether oxygens (including phenoxy) is 3. The van der Waals surface area contributed by atoms with Crippen LogP contribution >= 0.6 is 0 Å². The molecule has 0 bridgehead atoms. The molecule has 2 aromatic heterocycles. The van der Waals surface area contributed by atoms with E-state index in [1.54, 1.807) is 12.3 Å². The lowest BCUT2D eigenvalue weighted by molar-refractivity contribution is -0.0640. The summed E-state index contributed by atoms with van der Waals surface area (Å²) >= 11 is 0. The molecule has 2 aromatic rings. The molecule has 0 amide bonds. The van der Waals surface area contributed by atoms with E-state index < -0.39 is 0 Å². The van der Waals surface area contributed by atoms with Crippen LogP contribution in [0, 0.1) is 25.2 Å². The highest BCUT2D eigenvalue weighted by atomic mass is 16.5. The number of methoxy groups -OCH3 is 1. The van der Waals surface area contributed by atoms with Crippen LogP contribution in [0.25, 0.3) is 0 Å². The molecule has 3 heterocycles. The number of anilines is 1. The fourth-order valence-electron chi connectivity index (χ4n) is 2.96. The summed E-state index contributed by atoms with van der Waals surface area (Å²) in [6.07, 6.45) is 2.21. The average molecular weight is 358 g/mol. The van der Waals surface area contributed by atoms with Crippen molar-refractivity contribution in [3.63, 3.8) is 0 Å². The van der Waals surface area contributed by atoms with Gasteiger partial charge in [0, 0.05) is 18.4 Å². The number of rotatable bonds is 6. The van der Waals surface area contributed by atoms with Gasteiger partial charge in [-0.25, -0.2) is 4.98 Å². The van der Waals surface area contributed by atoms with Crippen LogP contribution in [0.5, 0.6) is 5.88 Å². The average Bonchev–Trinajstić information content (AvgIpc) is 2.98. The van der Waals surface area contributed by atoms with Crippen molar-refractivity contribution in [3.05, 3.63) is 34.8 Å². The quantitative estimate of drug-likeness (QED) is 0.839. The number of nitrogens with zero attached hydrogens (tertiary/aromatic N) is 3. The molecule has 0 spiro atoms. The third kappa shape index (κ3) is 3.79. The summed E-state index contributed by atoms with van der Waals surface area (Å²) in [6, 6.07) is 3.92. The van der Waals surface area contributed by atoms with Crippen molar-refractivity contribution in [2.45, 2.75) is 39.0 Å². The molecule has 0 aliphatic carbocycles. The van der Waals surface area contributed by atoms with Gasteiger partial charge in [-0.1, -0.05) is 5.16 Å².